The van der Waals surface area contributed by atoms with Gasteiger partial charge in [-0.3, -0.25) is 9.59 Å². The number of carbonyl (C=O) groups excluding carboxylic acids is 2. The smallest absolute Gasteiger partial charge is 0.313 e. The Hall–Kier alpha value is -2.04. The van der Waals surface area contributed by atoms with E-state index in [1.165, 1.54) is 0 Å². The van der Waals surface area contributed by atoms with E-state index in [-0.39, 0.29) is 0 Å². The minimum atomic E-state index is -0.583. The van der Waals surface area contributed by atoms with E-state index in [2.05, 4.69) is 5.32 Å². The van der Waals surface area contributed by atoms with E-state index >= 15 is 0 Å². The first-order valence-corrected chi connectivity index (χ1v) is 6.95. The fourth-order valence-electron chi connectivity index (χ4n) is 2.30. The molecule has 108 valence electrons. The summed E-state index contributed by atoms with van der Waals surface area (Å²) in [4.78, 5) is 25.7. The number of rotatable bonds is 2. The highest BCUT2D eigenvalue weighted by Gasteiger charge is 2.22. The van der Waals surface area contributed by atoms with Gasteiger partial charge in [-0.25, -0.2) is 0 Å². The molecular formula is C15H20N2O3. The quantitative estimate of drug-likeness (QED) is 0.841. The van der Waals surface area contributed by atoms with Crippen LogP contribution < -0.4 is 10.1 Å². The molecule has 1 aliphatic heterocycles. The first kappa shape index (κ1) is 14.4. The van der Waals surface area contributed by atoms with Crippen LogP contribution in [-0.4, -0.2) is 36.9 Å². The zero-order valence-electron chi connectivity index (χ0n) is 11.7. The van der Waals surface area contributed by atoms with Crippen molar-refractivity contribution in [3.8, 4) is 5.75 Å². The van der Waals surface area contributed by atoms with Crippen molar-refractivity contribution in [1.29, 1.82) is 0 Å². The van der Waals surface area contributed by atoms with Crippen LogP contribution in [0.5, 0.6) is 5.75 Å². The fraction of sp³-hybridized carbons (Fsp3) is 0.467. The molecule has 1 aromatic carbocycles. The zero-order chi connectivity index (χ0) is 14.4. The Balaban J connectivity index is 1.97. The number of hydrogen-bond acceptors (Lipinski definition) is 3. The second-order valence-corrected chi connectivity index (χ2v) is 4.89. The molecule has 0 atom stereocenters. The van der Waals surface area contributed by atoms with Gasteiger partial charge in [-0.2, -0.15) is 0 Å². The average Bonchev–Trinajstić information content (AvgIpc) is 2.75. The lowest BCUT2D eigenvalue weighted by Gasteiger charge is -2.19. The van der Waals surface area contributed by atoms with Gasteiger partial charge in [0.1, 0.15) is 5.75 Å². The van der Waals surface area contributed by atoms with Crippen LogP contribution in [0.4, 0.5) is 5.69 Å². The molecule has 5 nitrogen and oxygen atoms in total. The predicted molar refractivity (Wildman–Crippen MR) is 76.7 cm³/mol. The number of ether oxygens (including phenoxy) is 1. The van der Waals surface area contributed by atoms with E-state index in [1.807, 2.05) is 0 Å². The summed E-state index contributed by atoms with van der Waals surface area (Å²) in [5.74, 6) is -0.389. The van der Waals surface area contributed by atoms with Crippen molar-refractivity contribution in [2.75, 3.05) is 25.5 Å². The molecule has 5 heteroatoms. The van der Waals surface area contributed by atoms with E-state index in [0.29, 0.717) is 24.5 Å². The van der Waals surface area contributed by atoms with E-state index in [0.717, 1.165) is 25.7 Å². The van der Waals surface area contributed by atoms with Crippen molar-refractivity contribution >= 4 is 17.5 Å². The van der Waals surface area contributed by atoms with Crippen molar-refractivity contribution < 1.29 is 14.3 Å². The number of likely N-dealkylation sites (tertiary alicyclic amines) is 1. The Morgan fingerprint density at radius 2 is 1.85 bits per heavy atom. The summed E-state index contributed by atoms with van der Waals surface area (Å²) < 4.78 is 5.08. The minimum absolute atomic E-state index is 0.449. The maximum absolute atomic E-state index is 12.1. The highest BCUT2D eigenvalue weighted by atomic mass is 16.5. The monoisotopic (exact) mass is 276 g/mol. The predicted octanol–water partition coefficient (Wildman–Crippen LogP) is 2.04. The third-order valence-corrected chi connectivity index (χ3v) is 3.42. The number of benzene rings is 1. The van der Waals surface area contributed by atoms with Crippen LogP contribution in [0, 0.1) is 0 Å². The van der Waals surface area contributed by atoms with Crippen molar-refractivity contribution in [3.05, 3.63) is 24.3 Å². The average molecular weight is 276 g/mol. The Morgan fingerprint density at radius 1 is 1.15 bits per heavy atom. The first-order chi connectivity index (χ1) is 9.70. The maximum Gasteiger partial charge on any atom is 0.313 e. The van der Waals surface area contributed by atoms with Gasteiger partial charge >= 0.3 is 11.8 Å². The van der Waals surface area contributed by atoms with E-state index in [1.54, 1.807) is 36.3 Å². The van der Waals surface area contributed by atoms with Crippen molar-refractivity contribution in [2.45, 2.75) is 25.7 Å². The Labute approximate surface area is 118 Å². The van der Waals surface area contributed by atoms with Crippen LogP contribution in [0.2, 0.25) is 0 Å². The lowest BCUT2D eigenvalue weighted by Crippen LogP contribution is -2.40. The summed E-state index contributed by atoms with van der Waals surface area (Å²) in [6, 6.07) is 6.97. The SMILES string of the molecule is COc1cccc(NC(=O)C(=O)N2CCCCCC2)c1. The standard InChI is InChI=1S/C15H20N2O3/c1-20-13-8-6-7-12(11-13)16-14(18)15(19)17-9-4-2-3-5-10-17/h6-8,11H,2-5,9-10H2,1H3,(H,16,18). The molecule has 1 fully saturated rings. The number of anilines is 1. The lowest BCUT2D eigenvalue weighted by atomic mass is 10.2. The molecule has 0 bridgehead atoms. The summed E-state index contributed by atoms with van der Waals surface area (Å²) in [6.45, 7) is 1.34. The molecule has 0 saturated carbocycles. The second-order valence-electron chi connectivity index (χ2n) is 4.89. The van der Waals surface area contributed by atoms with Gasteiger partial charge in [0.25, 0.3) is 0 Å². The summed E-state index contributed by atoms with van der Waals surface area (Å²) in [7, 11) is 1.56. The topological polar surface area (TPSA) is 58.6 Å². The summed E-state index contributed by atoms with van der Waals surface area (Å²) in [5, 5.41) is 2.62. The van der Waals surface area contributed by atoms with Gasteiger partial charge in [-0.05, 0) is 25.0 Å². The molecule has 2 amide bonds. The van der Waals surface area contributed by atoms with Gasteiger partial charge < -0.3 is 15.0 Å². The lowest BCUT2D eigenvalue weighted by molar-refractivity contribution is -0.143. The Kier molecular flexibility index (Phi) is 4.98. The van der Waals surface area contributed by atoms with Crippen molar-refractivity contribution in [3.63, 3.8) is 0 Å². The van der Waals surface area contributed by atoms with Crippen LogP contribution >= 0.6 is 0 Å². The number of carbonyl (C=O) groups is 2. The molecular weight excluding hydrogens is 256 g/mol. The second kappa shape index (κ2) is 6.93. The van der Waals surface area contributed by atoms with Gasteiger partial charge in [0.05, 0.1) is 7.11 Å². The summed E-state index contributed by atoms with van der Waals surface area (Å²) >= 11 is 0. The molecule has 20 heavy (non-hydrogen) atoms. The Bertz CT molecular complexity index is 480. The molecule has 0 radical (unpaired) electrons. The van der Waals surface area contributed by atoms with Crippen LogP contribution in [0.15, 0.2) is 24.3 Å². The number of hydrogen-bond donors (Lipinski definition) is 1. The minimum Gasteiger partial charge on any atom is -0.497 e. The highest BCUT2D eigenvalue weighted by Crippen LogP contribution is 2.17. The van der Waals surface area contributed by atoms with E-state index < -0.39 is 11.8 Å². The molecule has 0 spiro atoms. The highest BCUT2D eigenvalue weighted by molar-refractivity contribution is 6.39. The largest absolute Gasteiger partial charge is 0.497 e. The molecule has 0 aromatic heterocycles. The van der Waals surface area contributed by atoms with Crippen LogP contribution in [0.1, 0.15) is 25.7 Å². The van der Waals surface area contributed by atoms with E-state index in [4.69, 9.17) is 4.74 Å². The number of amides is 2. The summed E-state index contributed by atoms with van der Waals surface area (Å²) in [5.41, 5.74) is 0.567. The molecule has 1 heterocycles. The van der Waals surface area contributed by atoms with Gasteiger partial charge in [0.2, 0.25) is 0 Å². The first-order valence-electron chi connectivity index (χ1n) is 6.95. The fourth-order valence-corrected chi connectivity index (χ4v) is 2.30. The molecule has 1 aliphatic rings. The zero-order valence-corrected chi connectivity index (χ0v) is 11.7. The third-order valence-electron chi connectivity index (χ3n) is 3.42. The van der Waals surface area contributed by atoms with Crippen LogP contribution in [0.3, 0.4) is 0 Å². The molecule has 0 aliphatic carbocycles. The molecule has 1 saturated heterocycles. The van der Waals surface area contributed by atoms with Gasteiger partial charge in [0.15, 0.2) is 0 Å². The third kappa shape index (κ3) is 3.73. The normalized spacial score (nSPS) is 15.3. The number of methoxy groups -OCH3 is 1. The van der Waals surface area contributed by atoms with E-state index in [9.17, 15) is 9.59 Å². The molecule has 0 unspecified atom stereocenters. The van der Waals surface area contributed by atoms with Crippen LogP contribution in [0.25, 0.3) is 0 Å². The van der Waals surface area contributed by atoms with Gasteiger partial charge in [0, 0.05) is 24.8 Å². The summed E-state index contributed by atoms with van der Waals surface area (Å²) in [6.07, 6.45) is 4.19. The molecule has 1 aromatic rings. The number of nitrogens with one attached hydrogen (secondary N) is 1. The molecule has 1 N–H and O–H groups in total. The Morgan fingerprint density at radius 3 is 2.50 bits per heavy atom. The maximum atomic E-state index is 12.1. The van der Waals surface area contributed by atoms with Crippen LogP contribution in [-0.2, 0) is 9.59 Å². The van der Waals surface area contributed by atoms with Gasteiger partial charge in [-0.15, -0.1) is 0 Å². The van der Waals surface area contributed by atoms with Crippen molar-refractivity contribution in [2.24, 2.45) is 0 Å². The van der Waals surface area contributed by atoms with Gasteiger partial charge in [-0.1, -0.05) is 18.9 Å². The number of nitrogens with zero attached hydrogens (tertiary/aromatic N) is 1. The van der Waals surface area contributed by atoms with Crippen molar-refractivity contribution in [1.82, 2.24) is 4.90 Å². The molecule has 2 rings (SSSR count).